The molecule has 1 aromatic heterocycles. The van der Waals surface area contributed by atoms with Crippen LogP contribution >= 0.6 is 11.3 Å². The van der Waals surface area contributed by atoms with Gasteiger partial charge in [0.2, 0.25) is 0 Å². The van der Waals surface area contributed by atoms with Gasteiger partial charge in [-0.05, 0) is 41.2 Å². The maximum Gasteiger partial charge on any atom is 0.0189 e. The molecule has 13 heavy (non-hydrogen) atoms. The minimum Gasteiger partial charge on any atom is -0.326 e. The zero-order valence-corrected chi connectivity index (χ0v) is 9.16. The number of fused-ring (bicyclic) bond motifs is 1. The van der Waals surface area contributed by atoms with Crippen LogP contribution in [0.25, 0.3) is 0 Å². The Bertz CT molecular complexity index is 303. The minimum atomic E-state index is 0.713. The second kappa shape index (κ2) is 3.43. The van der Waals surface area contributed by atoms with Gasteiger partial charge in [-0.25, -0.2) is 0 Å². The number of hydrogen-bond donors (Lipinski definition) is 1. The van der Waals surface area contributed by atoms with Crippen molar-refractivity contribution < 1.29 is 0 Å². The number of thiophene rings is 1. The molecule has 0 aliphatic heterocycles. The molecule has 0 amide bonds. The van der Waals surface area contributed by atoms with E-state index in [0.717, 1.165) is 11.8 Å². The molecular weight excluding hydrogens is 178 g/mol. The molecule has 1 heterocycles. The SMILES string of the molecule is CC1Cc2scc(CN)c2C(C)C1. The second-order valence-electron chi connectivity index (χ2n) is 4.25. The molecule has 0 aromatic carbocycles. The van der Waals surface area contributed by atoms with Crippen LogP contribution in [0.4, 0.5) is 0 Å². The highest BCUT2D eigenvalue weighted by molar-refractivity contribution is 7.10. The van der Waals surface area contributed by atoms with Gasteiger partial charge in [0, 0.05) is 11.4 Å². The summed E-state index contributed by atoms with van der Waals surface area (Å²) in [6.45, 7) is 5.40. The summed E-state index contributed by atoms with van der Waals surface area (Å²) in [7, 11) is 0. The fourth-order valence-corrected chi connectivity index (χ4v) is 3.82. The lowest BCUT2D eigenvalue weighted by atomic mass is 9.81. The maximum atomic E-state index is 5.72. The third kappa shape index (κ3) is 1.53. The molecular formula is C11H17NS. The molecule has 2 heteroatoms. The first kappa shape index (κ1) is 9.22. The summed E-state index contributed by atoms with van der Waals surface area (Å²) >= 11 is 1.90. The lowest BCUT2D eigenvalue weighted by Crippen LogP contribution is -2.14. The average molecular weight is 195 g/mol. The predicted octanol–water partition coefficient (Wildman–Crippen LogP) is 2.89. The van der Waals surface area contributed by atoms with E-state index in [-0.39, 0.29) is 0 Å². The van der Waals surface area contributed by atoms with Crippen LogP contribution in [0.1, 0.15) is 42.2 Å². The van der Waals surface area contributed by atoms with E-state index in [1.165, 1.54) is 18.4 Å². The highest BCUT2D eigenvalue weighted by Gasteiger charge is 2.24. The molecule has 0 radical (unpaired) electrons. The Morgan fingerprint density at radius 2 is 2.31 bits per heavy atom. The zero-order valence-electron chi connectivity index (χ0n) is 8.34. The van der Waals surface area contributed by atoms with Gasteiger partial charge in [0.25, 0.3) is 0 Å². The standard InChI is InChI=1S/C11H17NS/c1-7-3-8(2)11-9(5-12)6-13-10(11)4-7/h6-8H,3-5,12H2,1-2H3. The van der Waals surface area contributed by atoms with E-state index < -0.39 is 0 Å². The van der Waals surface area contributed by atoms with Gasteiger partial charge in [0.15, 0.2) is 0 Å². The Morgan fingerprint density at radius 1 is 1.54 bits per heavy atom. The molecule has 0 saturated carbocycles. The summed E-state index contributed by atoms with van der Waals surface area (Å²) in [6, 6.07) is 0. The van der Waals surface area contributed by atoms with Gasteiger partial charge in [-0.2, -0.15) is 0 Å². The molecule has 2 N–H and O–H groups in total. The Hall–Kier alpha value is -0.340. The fraction of sp³-hybridized carbons (Fsp3) is 0.636. The van der Waals surface area contributed by atoms with Gasteiger partial charge in [-0.1, -0.05) is 13.8 Å². The largest absolute Gasteiger partial charge is 0.326 e. The molecule has 2 rings (SSSR count). The van der Waals surface area contributed by atoms with Crippen molar-refractivity contribution in [2.24, 2.45) is 11.7 Å². The van der Waals surface area contributed by atoms with E-state index in [0.29, 0.717) is 6.54 Å². The normalized spacial score (nSPS) is 27.3. The Balaban J connectivity index is 2.40. The van der Waals surface area contributed by atoms with E-state index in [1.54, 1.807) is 10.4 Å². The van der Waals surface area contributed by atoms with Crippen molar-refractivity contribution in [2.45, 2.75) is 39.2 Å². The number of nitrogens with two attached hydrogens (primary N) is 1. The highest BCUT2D eigenvalue weighted by Crippen LogP contribution is 2.39. The van der Waals surface area contributed by atoms with Crippen molar-refractivity contribution >= 4 is 11.3 Å². The molecule has 2 atom stereocenters. The topological polar surface area (TPSA) is 26.0 Å². The van der Waals surface area contributed by atoms with Gasteiger partial charge >= 0.3 is 0 Å². The summed E-state index contributed by atoms with van der Waals surface area (Å²) in [5, 5.41) is 2.25. The van der Waals surface area contributed by atoms with E-state index >= 15 is 0 Å². The zero-order chi connectivity index (χ0) is 9.42. The predicted molar refractivity (Wildman–Crippen MR) is 58.1 cm³/mol. The van der Waals surface area contributed by atoms with E-state index in [1.807, 2.05) is 11.3 Å². The van der Waals surface area contributed by atoms with E-state index in [9.17, 15) is 0 Å². The Kier molecular flexibility index (Phi) is 2.43. The second-order valence-corrected chi connectivity index (χ2v) is 5.21. The van der Waals surface area contributed by atoms with Crippen LogP contribution in [-0.2, 0) is 13.0 Å². The molecule has 1 aliphatic carbocycles. The van der Waals surface area contributed by atoms with Crippen molar-refractivity contribution in [1.29, 1.82) is 0 Å². The molecule has 1 nitrogen and oxygen atoms in total. The van der Waals surface area contributed by atoms with Crippen molar-refractivity contribution in [1.82, 2.24) is 0 Å². The van der Waals surface area contributed by atoms with Crippen molar-refractivity contribution in [3.05, 3.63) is 21.4 Å². The lowest BCUT2D eigenvalue weighted by Gasteiger charge is -2.25. The van der Waals surface area contributed by atoms with Crippen LogP contribution in [0.3, 0.4) is 0 Å². The van der Waals surface area contributed by atoms with E-state index in [2.05, 4.69) is 19.2 Å². The summed E-state index contributed by atoms with van der Waals surface area (Å²) in [4.78, 5) is 1.59. The third-order valence-corrected chi connectivity index (χ3v) is 4.07. The third-order valence-electron chi connectivity index (χ3n) is 2.99. The van der Waals surface area contributed by atoms with Crippen LogP contribution < -0.4 is 5.73 Å². The summed E-state index contributed by atoms with van der Waals surface area (Å²) in [6.07, 6.45) is 2.60. The quantitative estimate of drug-likeness (QED) is 0.732. The van der Waals surface area contributed by atoms with E-state index in [4.69, 9.17) is 5.73 Å². The van der Waals surface area contributed by atoms with Gasteiger partial charge in [0.05, 0.1) is 0 Å². The smallest absolute Gasteiger partial charge is 0.0189 e. The van der Waals surface area contributed by atoms with Crippen LogP contribution in [0.5, 0.6) is 0 Å². The van der Waals surface area contributed by atoms with Crippen LogP contribution in [-0.4, -0.2) is 0 Å². The summed E-state index contributed by atoms with van der Waals surface area (Å²) < 4.78 is 0. The fourth-order valence-electron chi connectivity index (χ4n) is 2.48. The van der Waals surface area contributed by atoms with Crippen molar-refractivity contribution in [3.63, 3.8) is 0 Å². The van der Waals surface area contributed by atoms with Crippen molar-refractivity contribution in [3.8, 4) is 0 Å². The van der Waals surface area contributed by atoms with Crippen molar-refractivity contribution in [2.75, 3.05) is 0 Å². The lowest BCUT2D eigenvalue weighted by molar-refractivity contribution is 0.453. The molecule has 1 aliphatic rings. The molecule has 0 saturated heterocycles. The molecule has 1 aromatic rings. The maximum absolute atomic E-state index is 5.72. The summed E-state index contributed by atoms with van der Waals surface area (Å²) in [5.74, 6) is 1.58. The van der Waals surface area contributed by atoms with Crippen LogP contribution in [0, 0.1) is 5.92 Å². The Labute approximate surface area is 84.0 Å². The molecule has 2 unspecified atom stereocenters. The molecule has 0 bridgehead atoms. The molecule has 0 spiro atoms. The highest BCUT2D eigenvalue weighted by atomic mass is 32.1. The van der Waals surface area contributed by atoms with Gasteiger partial charge < -0.3 is 5.73 Å². The summed E-state index contributed by atoms with van der Waals surface area (Å²) in [5.41, 5.74) is 8.68. The number of rotatable bonds is 1. The molecule has 0 fully saturated rings. The first-order valence-electron chi connectivity index (χ1n) is 5.01. The first-order chi connectivity index (χ1) is 6.22. The van der Waals surface area contributed by atoms with Gasteiger partial charge in [0.1, 0.15) is 0 Å². The number of hydrogen-bond acceptors (Lipinski definition) is 2. The monoisotopic (exact) mass is 195 g/mol. The first-order valence-corrected chi connectivity index (χ1v) is 5.89. The average Bonchev–Trinajstić information content (AvgIpc) is 2.47. The van der Waals surface area contributed by atoms with Crippen LogP contribution in [0.2, 0.25) is 0 Å². The van der Waals surface area contributed by atoms with Gasteiger partial charge in [-0.15, -0.1) is 11.3 Å². The van der Waals surface area contributed by atoms with Gasteiger partial charge in [-0.3, -0.25) is 0 Å². The molecule has 72 valence electrons. The van der Waals surface area contributed by atoms with Crippen LogP contribution in [0.15, 0.2) is 5.38 Å². The minimum absolute atomic E-state index is 0.713. The Morgan fingerprint density at radius 3 is 3.00 bits per heavy atom.